The molecule has 0 radical (unpaired) electrons. The molecule has 1 amide bonds. The van der Waals surface area contributed by atoms with Gasteiger partial charge >= 0.3 is 6.09 Å². The summed E-state index contributed by atoms with van der Waals surface area (Å²) in [6, 6.07) is 9.07. The first-order chi connectivity index (χ1) is 8.02. The minimum atomic E-state index is -0.930. The highest BCUT2D eigenvalue weighted by atomic mass is 16.4. The number of nitriles is 1. The van der Waals surface area contributed by atoms with Crippen LogP contribution in [0.3, 0.4) is 0 Å². The van der Waals surface area contributed by atoms with Gasteiger partial charge in [0.25, 0.3) is 0 Å². The van der Waals surface area contributed by atoms with Gasteiger partial charge in [0.15, 0.2) is 0 Å². The number of benzene rings is 1. The summed E-state index contributed by atoms with van der Waals surface area (Å²) in [5.74, 6) is 0.283. The topological polar surface area (TPSA) is 64.3 Å². The summed E-state index contributed by atoms with van der Waals surface area (Å²) in [7, 11) is 0. The zero-order chi connectivity index (χ0) is 12.8. The molecule has 4 heteroatoms. The third kappa shape index (κ3) is 4.15. The second-order valence-electron chi connectivity index (χ2n) is 4.37. The van der Waals surface area contributed by atoms with E-state index in [4.69, 9.17) is 10.4 Å². The number of rotatable bonds is 4. The van der Waals surface area contributed by atoms with Gasteiger partial charge in [0.1, 0.15) is 0 Å². The van der Waals surface area contributed by atoms with Crippen molar-refractivity contribution in [2.75, 3.05) is 6.54 Å². The summed E-state index contributed by atoms with van der Waals surface area (Å²) in [6.45, 7) is 4.76. The summed E-state index contributed by atoms with van der Waals surface area (Å²) < 4.78 is 0. The summed E-state index contributed by atoms with van der Waals surface area (Å²) in [4.78, 5) is 12.4. The molecule has 0 heterocycles. The molecule has 0 bridgehead atoms. The van der Waals surface area contributed by atoms with E-state index in [-0.39, 0.29) is 5.92 Å². The second-order valence-corrected chi connectivity index (χ2v) is 4.37. The third-order valence-electron chi connectivity index (χ3n) is 2.29. The van der Waals surface area contributed by atoms with E-state index < -0.39 is 6.09 Å². The molecule has 0 aromatic heterocycles. The molecule has 0 aliphatic rings. The highest BCUT2D eigenvalue weighted by Crippen LogP contribution is 2.09. The van der Waals surface area contributed by atoms with Crippen LogP contribution < -0.4 is 0 Å². The molecule has 0 aliphatic carbocycles. The summed E-state index contributed by atoms with van der Waals surface area (Å²) in [5.41, 5.74) is 1.39. The van der Waals surface area contributed by atoms with Crippen LogP contribution >= 0.6 is 0 Å². The van der Waals surface area contributed by atoms with Crippen LogP contribution in [0.2, 0.25) is 0 Å². The van der Waals surface area contributed by atoms with Crippen LogP contribution in [-0.2, 0) is 6.54 Å². The van der Waals surface area contributed by atoms with Gasteiger partial charge in [-0.15, -0.1) is 0 Å². The molecular formula is C13H16N2O2. The molecule has 0 unspecified atom stereocenters. The van der Waals surface area contributed by atoms with Crippen LogP contribution in [-0.4, -0.2) is 22.6 Å². The van der Waals surface area contributed by atoms with E-state index in [0.29, 0.717) is 18.7 Å². The number of hydrogen-bond donors (Lipinski definition) is 1. The molecule has 0 saturated carbocycles. The van der Waals surface area contributed by atoms with Gasteiger partial charge in [-0.25, -0.2) is 4.79 Å². The lowest BCUT2D eigenvalue weighted by Crippen LogP contribution is -2.32. The van der Waals surface area contributed by atoms with E-state index in [1.165, 1.54) is 4.90 Å². The van der Waals surface area contributed by atoms with Gasteiger partial charge in [0.05, 0.1) is 11.6 Å². The normalized spacial score (nSPS) is 10.0. The molecule has 1 rings (SSSR count). The van der Waals surface area contributed by atoms with Gasteiger partial charge in [-0.1, -0.05) is 26.0 Å². The predicted octanol–water partition coefficient (Wildman–Crippen LogP) is 2.69. The van der Waals surface area contributed by atoms with Crippen molar-refractivity contribution in [2.24, 2.45) is 5.92 Å². The SMILES string of the molecule is CC(C)CN(Cc1cccc(C#N)c1)C(=O)O. The maximum absolute atomic E-state index is 11.1. The molecule has 1 aromatic rings. The smallest absolute Gasteiger partial charge is 0.407 e. The van der Waals surface area contributed by atoms with Crippen LogP contribution in [0.25, 0.3) is 0 Å². The van der Waals surface area contributed by atoms with Gasteiger partial charge in [-0.2, -0.15) is 5.26 Å². The van der Waals surface area contributed by atoms with Crippen molar-refractivity contribution >= 4 is 6.09 Å². The Morgan fingerprint density at radius 1 is 1.53 bits per heavy atom. The highest BCUT2D eigenvalue weighted by Gasteiger charge is 2.13. The zero-order valence-corrected chi connectivity index (χ0v) is 10.1. The average molecular weight is 232 g/mol. The van der Waals surface area contributed by atoms with Gasteiger partial charge in [-0.05, 0) is 23.6 Å². The van der Waals surface area contributed by atoms with Crippen molar-refractivity contribution in [1.82, 2.24) is 4.90 Å². The Balaban J connectivity index is 2.79. The van der Waals surface area contributed by atoms with Crippen LogP contribution in [0, 0.1) is 17.2 Å². The lowest BCUT2D eigenvalue weighted by Gasteiger charge is -2.21. The maximum Gasteiger partial charge on any atom is 0.407 e. The van der Waals surface area contributed by atoms with Gasteiger partial charge in [-0.3, -0.25) is 0 Å². The lowest BCUT2D eigenvalue weighted by molar-refractivity contribution is 0.136. The fraction of sp³-hybridized carbons (Fsp3) is 0.385. The largest absolute Gasteiger partial charge is 0.465 e. The van der Waals surface area contributed by atoms with E-state index in [1.54, 1.807) is 18.2 Å². The van der Waals surface area contributed by atoms with Crippen molar-refractivity contribution in [3.8, 4) is 6.07 Å². The van der Waals surface area contributed by atoms with Gasteiger partial charge in [0.2, 0.25) is 0 Å². The Hall–Kier alpha value is -2.02. The van der Waals surface area contributed by atoms with Crippen molar-refractivity contribution < 1.29 is 9.90 Å². The van der Waals surface area contributed by atoms with Crippen LogP contribution in [0.5, 0.6) is 0 Å². The Bertz CT molecular complexity index is 435. The fourth-order valence-corrected chi connectivity index (χ4v) is 1.61. The highest BCUT2D eigenvalue weighted by molar-refractivity contribution is 5.65. The average Bonchev–Trinajstić information content (AvgIpc) is 2.27. The van der Waals surface area contributed by atoms with Gasteiger partial charge in [0, 0.05) is 13.1 Å². The molecule has 0 fully saturated rings. The minimum absolute atomic E-state index is 0.283. The Morgan fingerprint density at radius 2 is 2.24 bits per heavy atom. The first-order valence-electron chi connectivity index (χ1n) is 5.50. The lowest BCUT2D eigenvalue weighted by atomic mass is 10.1. The predicted molar refractivity (Wildman–Crippen MR) is 64.4 cm³/mol. The monoisotopic (exact) mass is 232 g/mol. The van der Waals surface area contributed by atoms with Crippen molar-refractivity contribution in [2.45, 2.75) is 20.4 Å². The minimum Gasteiger partial charge on any atom is -0.465 e. The van der Waals surface area contributed by atoms with E-state index in [9.17, 15) is 4.79 Å². The number of amides is 1. The number of carboxylic acid groups (broad SMARTS) is 1. The second kappa shape index (κ2) is 5.90. The van der Waals surface area contributed by atoms with Gasteiger partial charge < -0.3 is 10.0 Å². The Kier molecular flexibility index (Phi) is 4.53. The van der Waals surface area contributed by atoms with Crippen molar-refractivity contribution in [1.29, 1.82) is 5.26 Å². The molecule has 0 saturated heterocycles. The molecule has 1 N–H and O–H groups in total. The molecule has 0 aliphatic heterocycles. The summed E-state index contributed by atoms with van der Waals surface area (Å²) in [5, 5.41) is 17.8. The standard InChI is InChI=1S/C13H16N2O2/c1-10(2)8-15(13(16)17)9-12-5-3-4-11(6-12)7-14/h3-6,10H,8-9H2,1-2H3,(H,16,17). The Labute approximate surface area is 101 Å². The van der Waals surface area contributed by atoms with E-state index in [1.807, 2.05) is 26.0 Å². The maximum atomic E-state index is 11.1. The van der Waals surface area contributed by atoms with Crippen molar-refractivity contribution in [3.05, 3.63) is 35.4 Å². The molecule has 0 atom stereocenters. The first kappa shape index (κ1) is 13.0. The van der Waals surface area contributed by atoms with Crippen LogP contribution in [0.4, 0.5) is 4.79 Å². The van der Waals surface area contributed by atoms with Crippen molar-refractivity contribution in [3.63, 3.8) is 0 Å². The number of nitrogens with zero attached hydrogens (tertiary/aromatic N) is 2. The first-order valence-corrected chi connectivity index (χ1v) is 5.50. The molecular weight excluding hydrogens is 216 g/mol. The summed E-state index contributed by atoms with van der Waals surface area (Å²) in [6.07, 6.45) is -0.930. The fourth-order valence-electron chi connectivity index (χ4n) is 1.61. The molecule has 17 heavy (non-hydrogen) atoms. The Morgan fingerprint density at radius 3 is 2.76 bits per heavy atom. The molecule has 90 valence electrons. The third-order valence-corrected chi connectivity index (χ3v) is 2.29. The van der Waals surface area contributed by atoms with Crippen LogP contribution in [0.1, 0.15) is 25.0 Å². The van der Waals surface area contributed by atoms with Crippen LogP contribution in [0.15, 0.2) is 24.3 Å². The zero-order valence-electron chi connectivity index (χ0n) is 10.1. The van der Waals surface area contributed by atoms with E-state index in [0.717, 1.165) is 5.56 Å². The number of carbonyl (C=O) groups is 1. The quantitative estimate of drug-likeness (QED) is 0.868. The molecule has 1 aromatic carbocycles. The van der Waals surface area contributed by atoms with E-state index in [2.05, 4.69) is 0 Å². The van der Waals surface area contributed by atoms with E-state index >= 15 is 0 Å². The molecule has 4 nitrogen and oxygen atoms in total. The number of hydrogen-bond acceptors (Lipinski definition) is 2. The molecule has 0 spiro atoms. The summed E-state index contributed by atoms with van der Waals surface area (Å²) >= 11 is 0.